The molecule has 1 heterocycles. The maximum absolute atomic E-state index is 11.6. The third kappa shape index (κ3) is 3.54. The minimum Gasteiger partial charge on any atom is -0.462 e. The molecule has 0 radical (unpaired) electrons. The van der Waals surface area contributed by atoms with E-state index in [9.17, 15) is 4.79 Å². The summed E-state index contributed by atoms with van der Waals surface area (Å²) in [4.78, 5) is 15.8. The molecule has 0 unspecified atom stereocenters. The summed E-state index contributed by atoms with van der Waals surface area (Å²) in [6, 6.07) is 1.96. The number of nitrogens with zero attached hydrogens (tertiary/aromatic N) is 1. The second-order valence-electron chi connectivity index (χ2n) is 2.82. The summed E-state index contributed by atoms with van der Waals surface area (Å²) in [5.74, 6) is -0.281. The van der Waals surface area contributed by atoms with E-state index >= 15 is 0 Å². The summed E-state index contributed by atoms with van der Waals surface area (Å²) >= 11 is 4.49. The lowest BCUT2D eigenvalue weighted by Gasteiger charge is -2.07. The molecule has 0 bridgehead atoms. The maximum atomic E-state index is 11.6. The van der Waals surface area contributed by atoms with E-state index in [0.29, 0.717) is 12.2 Å². The van der Waals surface area contributed by atoms with E-state index in [0.717, 1.165) is 20.1 Å². The van der Waals surface area contributed by atoms with E-state index < -0.39 is 0 Å². The molecule has 1 rings (SSSR count). The van der Waals surface area contributed by atoms with Crippen LogP contribution in [0.2, 0.25) is 0 Å². The van der Waals surface area contributed by atoms with Crippen molar-refractivity contribution in [1.29, 1.82) is 0 Å². The Balaban J connectivity index is 3.02. The molecule has 0 fully saturated rings. The van der Waals surface area contributed by atoms with Gasteiger partial charge in [-0.05, 0) is 18.6 Å². The molecule has 0 aromatic carbocycles. The van der Waals surface area contributed by atoms with E-state index in [4.69, 9.17) is 4.74 Å². The van der Waals surface area contributed by atoms with Crippen molar-refractivity contribution in [3.05, 3.63) is 29.1 Å². The zero-order valence-electron chi connectivity index (χ0n) is 8.30. The number of carbonyl (C=O) groups is 1. The van der Waals surface area contributed by atoms with Gasteiger partial charge in [0.15, 0.2) is 0 Å². The molecule has 82 valence electrons. The van der Waals surface area contributed by atoms with Crippen molar-refractivity contribution in [3.63, 3.8) is 0 Å². The van der Waals surface area contributed by atoms with Gasteiger partial charge in [0.2, 0.25) is 0 Å². The van der Waals surface area contributed by atoms with Gasteiger partial charge in [0.05, 0.1) is 17.9 Å². The molecule has 0 spiro atoms. The van der Waals surface area contributed by atoms with Crippen LogP contribution < -0.4 is 0 Å². The molecule has 0 N–H and O–H groups in total. The second-order valence-corrected chi connectivity index (χ2v) is 4.35. The van der Waals surface area contributed by atoms with Crippen molar-refractivity contribution in [2.45, 2.75) is 15.8 Å². The van der Waals surface area contributed by atoms with Crippen molar-refractivity contribution >= 4 is 51.2 Å². The highest BCUT2D eigenvalue weighted by Gasteiger charge is 2.12. The van der Waals surface area contributed by atoms with Crippen LogP contribution >= 0.6 is 45.2 Å². The van der Waals surface area contributed by atoms with E-state index in [1.165, 1.54) is 0 Å². The molecule has 0 atom stereocenters. The molecule has 0 aliphatic heterocycles. The van der Waals surface area contributed by atoms with Crippen LogP contribution in [-0.2, 0) is 13.6 Å². The SMILES string of the molecule is CCOC(=O)c1cnc(CI)cc1CI. The maximum Gasteiger partial charge on any atom is 0.340 e. The number of esters is 1. The Bertz CT molecular complexity index is 355. The van der Waals surface area contributed by atoms with Gasteiger partial charge in [-0.25, -0.2) is 4.79 Å². The van der Waals surface area contributed by atoms with E-state index in [1.54, 1.807) is 13.1 Å². The zero-order valence-corrected chi connectivity index (χ0v) is 12.6. The van der Waals surface area contributed by atoms with Crippen LogP contribution in [0.15, 0.2) is 12.3 Å². The molecule has 15 heavy (non-hydrogen) atoms. The van der Waals surface area contributed by atoms with Gasteiger partial charge in [-0.3, -0.25) is 4.98 Å². The van der Waals surface area contributed by atoms with Gasteiger partial charge in [-0.2, -0.15) is 0 Å². The third-order valence-corrected chi connectivity index (χ3v) is 3.43. The largest absolute Gasteiger partial charge is 0.462 e. The number of carbonyl (C=O) groups excluding carboxylic acids is 1. The average Bonchev–Trinajstić information content (AvgIpc) is 2.28. The summed E-state index contributed by atoms with van der Waals surface area (Å²) in [5, 5.41) is 0. The van der Waals surface area contributed by atoms with Crippen molar-refractivity contribution < 1.29 is 9.53 Å². The Morgan fingerprint density at radius 3 is 2.73 bits per heavy atom. The van der Waals surface area contributed by atoms with Crippen LogP contribution in [0.5, 0.6) is 0 Å². The lowest BCUT2D eigenvalue weighted by atomic mass is 10.1. The number of rotatable bonds is 4. The molecule has 1 aromatic heterocycles. The highest BCUT2D eigenvalue weighted by atomic mass is 127. The highest BCUT2D eigenvalue weighted by Crippen LogP contribution is 2.16. The van der Waals surface area contributed by atoms with Gasteiger partial charge >= 0.3 is 5.97 Å². The minimum atomic E-state index is -0.281. The van der Waals surface area contributed by atoms with Crippen LogP contribution in [0.1, 0.15) is 28.5 Å². The first-order valence-corrected chi connectivity index (χ1v) is 7.54. The van der Waals surface area contributed by atoms with Crippen LogP contribution in [0, 0.1) is 0 Å². The Morgan fingerprint density at radius 2 is 2.20 bits per heavy atom. The van der Waals surface area contributed by atoms with E-state index in [2.05, 4.69) is 50.2 Å². The molecule has 0 aliphatic carbocycles. The van der Waals surface area contributed by atoms with Crippen LogP contribution in [0.25, 0.3) is 0 Å². The number of aromatic nitrogens is 1. The molecule has 0 saturated heterocycles. The summed E-state index contributed by atoms with van der Waals surface area (Å²) in [7, 11) is 0. The third-order valence-electron chi connectivity index (χ3n) is 1.82. The first-order valence-electron chi connectivity index (χ1n) is 4.49. The van der Waals surface area contributed by atoms with Crippen molar-refractivity contribution in [2.24, 2.45) is 0 Å². The number of alkyl halides is 2. The Morgan fingerprint density at radius 1 is 1.47 bits per heavy atom. The number of pyridine rings is 1. The summed E-state index contributed by atoms with van der Waals surface area (Å²) in [6.45, 7) is 2.20. The molecular formula is C10H11I2NO2. The standard InChI is InChI=1S/C10H11I2NO2/c1-2-15-10(14)9-6-13-8(5-12)3-7(9)4-11/h3,6H,2,4-5H2,1H3. The highest BCUT2D eigenvalue weighted by molar-refractivity contribution is 14.1. The monoisotopic (exact) mass is 431 g/mol. The predicted molar refractivity (Wildman–Crippen MR) is 75.6 cm³/mol. The predicted octanol–water partition coefficient (Wildman–Crippen LogP) is 3.13. The molecular weight excluding hydrogens is 420 g/mol. The van der Waals surface area contributed by atoms with Crippen molar-refractivity contribution in [3.8, 4) is 0 Å². The summed E-state index contributed by atoms with van der Waals surface area (Å²) in [5.41, 5.74) is 2.57. The quantitative estimate of drug-likeness (QED) is 0.418. The molecule has 1 aromatic rings. The fourth-order valence-corrected chi connectivity index (χ4v) is 2.17. The fraction of sp³-hybridized carbons (Fsp3) is 0.400. The Labute approximate surface area is 116 Å². The van der Waals surface area contributed by atoms with Gasteiger partial charge in [-0.15, -0.1) is 0 Å². The molecule has 0 saturated carbocycles. The van der Waals surface area contributed by atoms with Gasteiger partial charge in [0.1, 0.15) is 0 Å². The molecule has 5 heteroatoms. The Hall–Kier alpha value is 0.0800. The van der Waals surface area contributed by atoms with Gasteiger partial charge < -0.3 is 4.74 Å². The summed E-state index contributed by atoms with van der Waals surface area (Å²) < 4.78 is 6.60. The van der Waals surface area contributed by atoms with Gasteiger partial charge in [-0.1, -0.05) is 45.2 Å². The average molecular weight is 431 g/mol. The zero-order chi connectivity index (χ0) is 11.3. The lowest BCUT2D eigenvalue weighted by Crippen LogP contribution is -2.08. The number of hydrogen-bond donors (Lipinski definition) is 0. The van der Waals surface area contributed by atoms with Crippen molar-refractivity contribution in [1.82, 2.24) is 4.98 Å². The molecule has 3 nitrogen and oxygen atoms in total. The lowest BCUT2D eigenvalue weighted by molar-refractivity contribution is 0.0525. The summed E-state index contributed by atoms with van der Waals surface area (Å²) in [6.07, 6.45) is 1.61. The van der Waals surface area contributed by atoms with Crippen LogP contribution in [-0.4, -0.2) is 17.6 Å². The second kappa shape index (κ2) is 6.62. The van der Waals surface area contributed by atoms with E-state index in [-0.39, 0.29) is 5.97 Å². The van der Waals surface area contributed by atoms with Crippen LogP contribution in [0.4, 0.5) is 0 Å². The topological polar surface area (TPSA) is 39.2 Å². The normalized spacial score (nSPS) is 10.1. The first kappa shape index (κ1) is 13.1. The molecule has 0 amide bonds. The number of halogens is 2. The first-order chi connectivity index (χ1) is 7.22. The number of ether oxygens (including phenoxy) is 1. The van der Waals surface area contributed by atoms with Gasteiger partial charge in [0, 0.05) is 15.1 Å². The Kier molecular flexibility index (Phi) is 5.80. The van der Waals surface area contributed by atoms with Crippen molar-refractivity contribution in [2.75, 3.05) is 6.61 Å². The smallest absolute Gasteiger partial charge is 0.340 e. The molecule has 0 aliphatic rings. The van der Waals surface area contributed by atoms with E-state index in [1.807, 2.05) is 6.07 Å². The fourth-order valence-electron chi connectivity index (χ4n) is 1.12. The minimum absolute atomic E-state index is 0.281. The van der Waals surface area contributed by atoms with Gasteiger partial charge in [0.25, 0.3) is 0 Å². The number of hydrogen-bond acceptors (Lipinski definition) is 3. The van der Waals surface area contributed by atoms with Crippen LogP contribution in [0.3, 0.4) is 0 Å².